The first-order valence-electron chi connectivity index (χ1n) is 11.1. The lowest BCUT2D eigenvalue weighted by Crippen LogP contribution is -2.48. The topological polar surface area (TPSA) is 83.7 Å². The number of nitrogen functional groups attached to an aromatic ring is 1. The third-order valence-corrected chi connectivity index (χ3v) is 6.70. The molecule has 0 amide bonds. The maximum absolute atomic E-state index is 12.9. The Morgan fingerprint density at radius 2 is 1.80 bits per heavy atom. The number of ketones is 1. The van der Waals surface area contributed by atoms with E-state index in [1.54, 1.807) is 0 Å². The van der Waals surface area contributed by atoms with Crippen molar-refractivity contribution in [1.82, 2.24) is 9.88 Å². The number of alkyl halides is 3. The molecule has 1 saturated heterocycles. The highest BCUT2D eigenvalue weighted by Gasteiger charge is 2.31. The molecular formula is C24H26F3N5O2S. The van der Waals surface area contributed by atoms with E-state index in [1.165, 1.54) is 12.1 Å². The van der Waals surface area contributed by atoms with Crippen molar-refractivity contribution in [1.29, 1.82) is 0 Å². The lowest BCUT2D eigenvalue weighted by Gasteiger charge is -2.38. The molecule has 0 aliphatic carbocycles. The van der Waals surface area contributed by atoms with E-state index in [2.05, 4.69) is 38.7 Å². The Kier molecular flexibility index (Phi) is 7.18. The van der Waals surface area contributed by atoms with Crippen LogP contribution in [0.4, 0.5) is 35.5 Å². The van der Waals surface area contributed by atoms with E-state index >= 15 is 0 Å². The Morgan fingerprint density at radius 1 is 1.11 bits per heavy atom. The first-order chi connectivity index (χ1) is 16.6. The summed E-state index contributed by atoms with van der Waals surface area (Å²) < 4.78 is 41.4. The van der Waals surface area contributed by atoms with Gasteiger partial charge in [0.05, 0.1) is 0 Å². The van der Waals surface area contributed by atoms with Crippen molar-refractivity contribution in [3.05, 3.63) is 59.0 Å². The maximum atomic E-state index is 12.9. The van der Waals surface area contributed by atoms with Crippen LogP contribution in [0.1, 0.15) is 29.1 Å². The Morgan fingerprint density at radius 3 is 2.43 bits per heavy atom. The number of thiazole rings is 1. The van der Waals surface area contributed by atoms with Gasteiger partial charge in [0.2, 0.25) is 5.78 Å². The number of rotatable bonds is 7. The van der Waals surface area contributed by atoms with E-state index in [0.717, 1.165) is 61.0 Å². The number of aromatic nitrogens is 1. The molecule has 1 aliphatic rings. The molecule has 3 aromatic rings. The molecule has 1 fully saturated rings. The molecule has 35 heavy (non-hydrogen) atoms. The number of anilines is 4. The highest BCUT2D eigenvalue weighted by molar-refractivity contribution is 7.18. The van der Waals surface area contributed by atoms with Crippen LogP contribution >= 0.6 is 11.3 Å². The first-order valence-corrected chi connectivity index (χ1v) is 11.9. The number of hydrogen-bond donors (Lipinski definition) is 2. The number of carbonyl (C=O) groups excluding carboxylic acids is 1. The number of piperazine rings is 1. The molecule has 0 saturated carbocycles. The van der Waals surface area contributed by atoms with Crippen LogP contribution in [0.2, 0.25) is 0 Å². The normalized spacial score (nSPS) is 14.9. The Bertz CT molecular complexity index is 1170. The van der Waals surface area contributed by atoms with Crippen LogP contribution in [0, 0.1) is 0 Å². The summed E-state index contributed by atoms with van der Waals surface area (Å²) in [4.78, 5) is 22.0. The van der Waals surface area contributed by atoms with Crippen LogP contribution in [0.5, 0.6) is 5.75 Å². The predicted molar refractivity (Wildman–Crippen MR) is 132 cm³/mol. The minimum atomic E-state index is -4.85. The van der Waals surface area contributed by atoms with Crippen molar-refractivity contribution < 1.29 is 22.7 Å². The lowest BCUT2D eigenvalue weighted by atomic mass is 10.1. The van der Waals surface area contributed by atoms with Gasteiger partial charge in [-0.1, -0.05) is 23.5 Å². The number of halogens is 3. The van der Waals surface area contributed by atoms with E-state index in [4.69, 9.17) is 5.73 Å². The van der Waals surface area contributed by atoms with Crippen molar-refractivity contribution in [2.75, 3.05) is 42.1 Å². The summed E-state index contributed by atoms with van der Waals surface area (Å²) in [5.74, 6) is -1.00. The van der Waals surface area contributed by atoms with Gasteiger partial charge in [-0.25, -0.2) is 4.98 Å². The first kappa shape index (κ1) is 24.8. The molecule has 0 unspecified atom stereocenters. The van der Waals surface area contributed by atoms with Crippen LogP contribution in [-0.4, -0.2) is 54.3 Å². The van der Waals surface area contributed by atoms with Gasteiger partial charge in [-0.3, -0.25) is 9.69 Å². The molecule has 1 aromatic heterocycles. The molecule has 1 aliphatic heterocycles. The standard InChI is InChI=1S/C24H26F3N5O2S/c1-15(2)31-10-12-32(13-11-31)18-8-6-17(7-9-18)29-23-30-22(28)21(35-23)20(33)16-4-3-5-19(14-16)34-24(25,26)27/h3-9,14-15H,10-13,28H2,1-2H3,(H,29,30). The second-order valence-electron chi connectivity index (χ2n) is 8.43. The van der Waals surface area contributed by atoms with Gasteiger partial charge in [0.25, 0.3) is 0 Å². The fourth-order valence-corrected chi connectivity index (χ4v) is 4.76. The highest BCUT2D eigenvalue weighted by atomic mass is 32.1. The fraction of sp³-hybridized carbons (Fsp3) is 0.333. The van der Waals surface area contributed by atoms with E-state index in [1.807, 2.05) is 24.3 Å². The molecule has 2 aromatic carbocycles. The summed E-state index contributed by atoms with van der Waals surface area (Å²) in [6.07, 6.45) is -4.85. The second-order valence-corrected chi connectivity index (χ2v) is 9.43. The van der Waals surface area contributed by atoms with Gasteiger partial charge in [-0.05, 0) is 50.2 Å². The van der Waals surface area contributed by atoms with Crippen molar-refractivity contribution in [2.45, 2.75) is 26.3 Å². The van der Waals surface area contributed by atoms with Crippen molar-refractivity contribution in [3.8, 4) is 5.75 Å². The number of hydrogen-bond acceptors (Lipinski definition) is 8. The van der Waals surface area contributed by atoms with Gasteiger partial charge in [-0.2, -0.15) is 0 Å². The van der Waals surface area contributed by atoms with Gasteiger partial charge in [0.1, 0.15) is 16.4 Å². The summed E-state index contributed by atoms with van der Waals surface area (Å²) in [6, 6.07) is 13.3. The number of nitrogens with one attached hydrogen (secondary N) is 1. The van der Waals surface area contributed by atoms with Crippen LogP contribution < -0.4 is 20.7 Å². The summed E-state index contributed by atoms with van der Waals surface area (Å²) in [5, 5.41) is 3.55. The largest absolute Gasteiger partial charge is 0.573 e. The number of nitrogens with two attached hydrogens (primary N) is 1. The van der Waals surface area contributed by atoms with Crippen LogP contribution in [-0.2, 0) is 0 Å². The van der Waals surface area contributed by atoms with Gasteiger partial charge in [0.15, 0.2) is 5.13 Å². The zero-order chi connectivity index (χ0) is 25.2. The Labute approximate surface area is 205 Å². The van der Waals surface area contributed by atoms with Crippen molar-refractivity contribution in [3.63, 3.8) is 0 Å². The third-order valence-electron chi connectivity index (χ3n) is 5.72. The molecular weight excluding hydrogens is 479 g/mol. The lowest BCUT2D eigenvalue weighted by molar-refractivity contribution is -0.274. The summed E-state index contributed by atoms with van der Waals surface area (Å²) >= 11 is 1.04. The number of benzene rings is 2. The number of ether oxygens (including phenoxy) is 1. The molecule has 11 heteroatoms. The van der Waals surface area contributed by atoms with Crippen molar-refractivity contribution >= 4 is 39.4 Å². The van der Waals surface area contributed by atoms with Crippen LogP contribution in [0.3, 0.4) is 0 Å². The van der Waals surface area contributed by atoms with Crippen LogP contribution in [0.25, 0.3) is 0 Å². The minimum Gasteiger partial charge on any atom is -0.406 e. The predicted octanol–water partition coefficient (Wildman–Crippen LogP) is 5.13. The molecule has 186 valence electrons. The average molecular weight is 506 g/mol. The maximum Gasteiger partial charge on any atom is 0.573 e. The zero-order valence-electron chi connectivity index (χ0n) is 19.3. The van der Waals surface area contributed by atoms with Gasteiger partial charge in [-0.15, -0.1) is 13.2 Å². The number of carbonyl (C=O) groups is 1. The van der Waals surface area contributed by atoms with E-state index in [0.29, 0.717) is 11.2 Å². The summed E-state index contributed by atoms with van der Waals surface area (Å²) in [7, 11) is 0. The quantitative estimate of drug-likeness (QED) is 0.431. The summed E-state index contributed by atoms with van der Waals surface area (Å²) in [6.45, 7) is 8.40. The van der Waals surface area contributed by atoms with Crippen molar-refractivity contribution in [2.24, 2.45) is 0 Å². The Balaban J connectivity index is 1.42. The molecule has 3 N–H and O–H groups in total. The number of nitrogens with zero attached hydrogens (tertiary/aromatic N) is 3. The zero-order valence-corrected chi connectivity index (χ0v) is 20.1. The average Bonchev–Trinajstić information content (AvgIpc) is 3.18. The van der Waals surface area contributed by atoms with E-state index < -0.39 is 17.9 Å². The molecule has 2 heterocycles. The van der Waals surface area contributed by atoms with E-state index in [9.17, 15) is 18.0 Å². The molecule has 0 bridgehead atoms. The van der Waals surface area contributed by atoms with Crippen LogP contribution in [0.15, 0.2) is 48.5 Å². The Hall–Kier alpha value is -3.31. The summed E-state index contributed by atoms with van der Waals surface area (Å²) in [5.41, 5.74) is 7.88. The third kappa shape index (κ3) is 6.23. The molecule has 4 rings (SSSR count). The molecule has 0 spiro atoms. The molecule has 0 atom stereocenters. The smallest absolute Gasteiger partial charge is 0.406 e. The monoisotopic (exact) mass is 505 g/mol. The SMILES string of the molecule is CC(C)N1CCN(c2ccc(Nc3nc(N)c(C(=O)c4cccc(OC(F)(F)F)c4)s3)cc2)CC1. The second kappa shape index (κ2) is 10.1. The minimum absolute atomic E-state index is 0.00397. The highest BCUT2D eigenvalue weighted by Crippen LogP contribution is 2.32. The molecule has 0 radical (unpaired) electrons. The molecule has 7 nitrogen and oxygen atoms in total. The van der Waals surface area contributed by atoms with Gasteiger partial charge >= 0.3 is 6.36 Å². The van der Waals surface area contributed by atoms with Gasteiger partial charge < -0.3 is 20.7 Å². The van der Waals surface area contributed by atoms with Gasteiger partial charge in [0, 0.05) is 49.2 Å². The fourth-order valence-electron chi connectivity index (χ4n) is 3.89. The van der Waals surface area contributed by atoms with E-state index in [-0.39, 0.29) is 16.3 Å².